The maximum atomic E-state index is 6.08. The Labute approximate surface area is 98.9 Å². The highest BCUT2D eigenvalue weighted by atomic mass is 79.9. The van der Waals surface area contributed by atoms with Crippen molar-refractivity contribution in [1.29, 1.82) is 0 Å². The number of benzene rings is 1. The summed E-state index contributed by atoms with van der Waals surface area (Å²) in [4.78, 5) is 0. The van der Waals surface area contributed by atoms with E-state index in [0.29, 0.717) is 5.92 Å². The van der Waals surface area contributed by atoms with Crippen LogP contribution in [0.5, 0.6) is 5.75 Å². The first-order chi connectivity index (χ1) is 6.98. The van der Waals surface area contributed by atoms with Crippen LogP contribution in [0.25, 0.3) is 0 Å². The van der Waals surface area contributed by atoms with Crippen molar-refractivity contribution in [3.63, 3.8) is 0 Å². The molecule has 0 heterocycles. The molecule has 1 fully saturated rings. The van der Waals surface area contributed by atoms with Crippen LogP contribution in [0.3, 0.4) is 0 Å². The van der Waals surface area contributed by atoms with Crippen molar-refractivity contribution < 1.29 is 4.74 Å². The maximum absolute atomic E-state index is 6.08. The average molecular weight is 270 g/mol. The van der Waals surface area contributed by atoms with Gasteiger partial charge in [-0.25, -0.2) is 0 Å². The number of methoxy groups -OCH3 is 1. The molecule has 0 unspecified atom stereocenters. The van der Waals surface area contributed by atoms with Crippen molar-refractivity contribution in [3.8, 4) is 5.75 Å². The summed E-state index contributed by atoms with van der Waals surface area (Å²) < 4.78 is 6.44. The average Bonchev–Trinajstić information content (AvgIpc) is 2.66. The zero-order chi connectivity index (χ0) is 11.2. The number of hydrogen-bond donors (Lipinski definition) is 1. The van der Waals surface area contributed by atoms with Gasteiger partial charge in [-0.2, -0.15) is 0 Å². The summed E-state index contributed by atoms with van der Waals surface area (Å²) in [6.07, 6.45) is 0. The summed E-state index contributed by atoms with van der Waals surface area (Å²) in [6, 6.07) is 6.32. The molecule has 2 nitrogen and oxygen atoms in total. The largest absolute Gasteiger partial charge is 0.496 e. The van der Waals surface area contributed by atoms with E-state index in [1.54, 1.807) is 7.11 Å². The quantitative estimate of drug-likeness (QED) is 0.896. The normalized spacial score (nSPS) is 27.5. The second-order valence-corrected chi connectivity index (χ2v) is 5.63. The molecule has 1 aromatic carbocycles. The molecular weight excluding hydrogens is 254 g/mol. The Kier molecular flexibility index (Phi) is 2.55. The van der Waals surface area contributed by atoms with Gasteiger partial charge in [0.05, 0.1) is 7.11 Å². The van der Waals surface area contributed by atoms with Gasteiger partial charge in [-0.15, -0.1) is 0 Å². The maximum Gasteiger partial charge on any atom is 0.122 e. The molecule has 2 rings (SSSR count). The molecule has 0 spiro atoms. The van der Waals surface area contributed by atoms with E-state index < -0.39 is 0 Å². The molecule has 2 atom stereocenters. The lowest BCUT2D eigenvalue weighted by Gasteiger charge is -2.09. The molecule has 3 heteroatoms. The number of halogens is 1. The first-order valence-corrected chi connectivity index (χ1v) is 5.87. The van der Waals surface area contributed by atoms with E-state index in [0.717, 1.165) is 10.2 Å². The molecule has 0 amide bonds. The van der Waals surface area contributed by atoms with E-state index in [1.165, 1.54) is 5.56 Å². The van der Waals surface area contributed by atoms with Crippen LogP contribution in [-0.2, 0) is 0 Å². The standard InChI is InChI=1S/C12H16BrNO/c1-12(2)10(11(12)14)8-6-7(13)4-5-9(8)15-3/h4-6,10-11H,14H2,1-3H3/t10-,11-/m0/s1. The van der Waals surface area contributed by atoms with Crippen LogP contribution in [0.2, 0.25) is 0 Å². The van der Waals surface area contributed by atoms with Gasteiger partial charge in [-0.3, -0.25) is 0 Å². The Morgan fingerprint density at radius 3 is 2.47 bits per heavy atom. The zero-order valence-corrected chi connectivity index (χ0v) is 10.8. The lowest BCUT2D eigenvalue weighted by atomic mass is 10.0. The molecule has 0 bridgehead atoms. The monoisotopic (exact) mass is 269 g/mol. The van der Waals surface area contributed by atoms with E-state index in [4.69, 9.17) is 10.5 Å². The fourth-order valence-corrected chi connectivity index (χ4v) is 2.60. The molecule has 2 N–H and O–H groups in total. The molecular formula is C12H16BrNO. The first-order valence-electron chi connectivity index (χ1n) is 5.07. The van der Waals surface area contributed by atoms with Crippen LogP contribution < -0.4 is 10.5 Å². The van der Waals surface area contributed by atoms with Crippen LogP contribution in [0.4, 0.5) is 0 Å². The highest BCUT2D eigenvalue weighted by molar-refractivity contribution is 9.10. The Hall–Kier alpha value is -0.540. The van der Waals surface area contributed by atoms with Gasteiger partial charge in [0.15, 0.2) is 0 Å². The van der Waals surface area contributed by atoms with E-state index in [2.05, 4.69) is 35.8 Å². The van der Waals surface area contributed by atoms with Crippen molar-refractivity contribution >= 4 is 15.9 Å². The number of ether oxygens (including phenoxy) is 1. The summed E-state index contributed by atoms with van der Waals surface area (Å²) in [7, 11) is 1.70. The van der Waals surface area contributed by atoms with E-state index in [9.17, 15) is 0 Å². The Morgan fingerprint density at radius 1 is 1.40 bits per heavy atom. The summed E-state index contributed by atoms with van der Waals surface area (Å²) in [6.45, 7) is 4.39. The van der Waals surface area contributed by atoms with Crippen molar-refractivity contribution in [2.24, 2.45) is 11.1 Å². The van der Waals surface area contributed by atoms with Gasteiger partial charge in [-0.05, 0) is 23.6 Å². The third-order valence-corrected chi connectivity index (χ3v) is 3.93. The van der Waals surface area contributed by atoms with Crippen LogP contribution in [0.1, 0.15) is 25.3 Å². The minimum atomic E-state index is 0.189. The van der Waals surface area contributed by atoms with Crippen molar-refractivity contribution in [1.82, 2.24) is 0 Å². The van der Waals surface area contributed by atoms with Gasteiger partial charge >= 0.3 is 0 Å². The van der Waals surface area contributed by atoms with Crippen LogP contribution in [0.15, 0.2) is 22.7 Å². The van der Waals surface area contributed by atoms with Crippen LogP contribution in [0, 0.1) is 5.41 Å². The lowest BCUT2D eigenvalue weighted by molar-refractivity contribution is 0.407. The minimum Gasteiger partial charge on any atom is -0.496 e. The number of rotatable bonds is 2. The molecule has 1 aliphatic carbocycles. The van der Waals surface area contributed by atoms with Gasteiger partial charge in [0.1, 0.15) is 5.75 Å². The fraction of sp³-hybridized carbons (Fsp3) is 0.500. The summed E-state index contributed by atoms with van der Waals surface area (Å²) in [5.41, 5.74) is 7.48. The summed E-state index contributed by atoms with van der Waals surface area (Å²) in [5.74, 6) is 1.34. The first kappa shape index (κ1) is 11.0. The summed E-state index contributed by atoms with van der Waals surface area (Å²) >= 11 is 3.48. The Morgan fingerprint density at radius 2 is 2.00 bits per heavy atom. The zero-order valence-electron chi connectivity index (χ0n) is 9.25. The van der Waals surface area contributed by atoms with Gasteiger partial charge in [0.25, 0.3) is 0 Å². The second-order valence-electron chi connectivity index (χ2n) is 4.71. The fourth-order valence-electron chi connectivity index (χ4n) is 2.22. The predicted octanol–water partition coefficient (Wildman–Crippen LogP) is 2.91. The molecule has 82 valence electrons. The minimum absolute atomic E-state index is 0.189. The second kappa shape index (κ2) is 3.49. The van der Waals surface area contributed by atoms with Gasteiger partial charge in [-0.1, -0.05) is 29.8 Å². The molecule has 15 heavy (non-hydrogen) atoms. The van der Waals surface area contributed by atoms with E-state index in [1.807, 2.05) is 12.1 Å². The Balaban J connectivity index is 2.40. The molecule has 0 aromatic heterocycles. The van der Waals surface area contributed by atoms with E-state index >= 15 is 0 Å². The van der Waals surface area contributed by atoms with Crippen LogP contribution >= 0.6 is 15.9 Å². The van der Waals surface area contributed by atoms with E-state index in [-0.39, 0.29) is 11.5 Å². The molecule has 0 saturated heterocycles. The predicted molar refractivity (Wildman–Crippen MR) is 65.2 cm³/mol. The van der Waals surface area contributed by atoms with Crippen molar-refractivity contribution in [2.75, 3.05) is 7.11 Å². The topological polar surface area (TPSA) is 35.2 Å². The molecule has 1 saturated carbocycles. The molecule has 0 aliphatic heterocycles. The smallest absolute Gasteiger partial charge is 0.122 e. The lowest BCUT2D eigenvalue weighted by Crippen LogP contribution is -2.06. The van der Waals surface area contributed by atoms with Gasteiger partial charge in [0.2, 0.25) is 0 Å². The SMILES string of the molecule is COc1ccc(Br)cc1[C@H]1[C@H](N)C1(C)C. The highest BCUT2D eigenvalue weighted by Gasteiger charge is 2.57. The van der Waals surface area contributed by atoms with Gasteiger partial charge in [0, 0.05) is 22.0 Å². The summed E-state index contributed by atoms with van der Waals surface area (Å²) in [5, 5.41) is 0. The molecule has 0 radical (unpaired) electrons. The van der Waals surface area contributed by atoms with Crippen molar-refractivity contribution in [3.05, 3.63) is 28.2 Å². The van der Waals surface area contributed by atoms with Crippen LogP contribution in [-0.4, -0.2) is 13.2 Å². The Bertz CT molecular complexity index is 389. The third-order valence-electron chi connectivity index (χ3n) is 3.44. The molecule has 1 aromatic rings. The number of nitrogens with two attached hydrogens (primary N) is 1. The third kappa shape index (κ3) is 1.68. The number of hydrogen-bond acceptors (Lipinski definition) is 2. The highest BCUT2D eigenvalue weighted by Crippen LogP contribution is 2.59. The van der Waals surface area contributed by atoms with Gasteiger partial charge < -0.3 is 10.5 Å². The molecule has 1 aliphatic rings. The van der Waals surface area contributed by atoms with Crippen molar-refractivity contribution in [2.45, 2.75) is 25.8 Å².